The van der Waals surface area contributed by atoms with Crippen LogP contribution in [0.1, 0.15) is 38.4 Å². The zero-order chi connectivity index (χ0) is 15.1. The van der Waals surface area contributed by atoms with Crippen molar-refractivity contribution in [1.82, 2.24) is 5.32 Å². The van der Waals surface area contributed by atoms with Gasteiger partial charge in [-0.05, 0) is 49.8 Å². The molecule has 1 fully saturated rings. The van der Waals surface area contributed by atoms with Gasteiger partial charge in [-0.1, -0.05) is 6.92 Å². The van der Waals surface area contributed by atoms with Gasteiger partial charge in [0.2, 0.25) is 0 Å². The third-order valence-corrected chi connectivity index (χ3v) is 3.65. The normalized spacial score (nSPS) is 22.1. The van der Waals surface area contributed by atoms with Crippen LogP contribution in [0.2, 0.25) is 0 Å². The van der Waals surface area contributed by atoms with Crippen molar-refractivity contribution >= 4 is 18.0 Å². The molecule has 0 radical (unpaired) electrons. The fourth-order valence-electron chi connectivity index (χ4n) is 2.39. The minimum Gasteiger partial charge on any atom is -0.465 e. The Hall–Kier alpha value is -2.04. The van der Waals surface area contributed by atoms with Gasteiger partial charge in [0.25, 0.3) is 5.91 Å². The van der Waals surface area contributed by atoms with E-state index < -0.39 is 5.97 Å². The fraction of sp³-hybridized carbons (Fsp3) is 0.500. The van der Waals surface area contributed by atoms with E-state index in [2.05, 4.69) is 12.2 Å². The van der Waals surface area contributed by atoms with Crippen LogP contribution >= 0.6 is 0 Å². The topological polar surface area (TPSA) is 68.5 Å². The molecule has 5 nitrogen and oxygen atoms in total. The van der Waals surface area contributed by atoms with Gasteiger partial charge >= 0.3 is 5.97 Å². The van der Waals surface area contributed by atoms with Crippen molar-refractivity contribution in [2.45, 2.75) is 38.6 Å². The van der Waals surface area contributed by atoms with Crippen molar-refractivity contribution in [3.05, 3.63) is 30.2 Å². The van der Waals surface area contributed by atoms with Crippen LogP contribution in [0.15, 0.2) is 28.9 Å². The molecule has 5 heteroatoms. The van der Waals surface area contributed by atoms with Gasteiger partial charge in [-0.3, -0.25) is 4.79 Å². The number of furan rings is 1. The van der Waals surface area contributed by atoms with Crippen LogP contribution < -0.4 is 5.32 Å². The highest BCUT2D eigenvalue weighted by atomic mass is 16.5. The van der Waals surface area contributed by atoms with Gasteiger partial charge in [-0.15, -0.1) is 0 Å². The van der Waals surface area contributed by atoms with Gasteiger partial charge < -0.3 is 14.5 Å². The lowest BCUT2D eigenvalue weighted by atomic mass is 9.87. The Bertz CT molecular complexity index is 484. The first-order valence-electron chi connectivity index (χ1n) is 7.31. The van der Waals surface area contributed by atoms with Crippen molar-refractivity contribution in [2.24, 2.45) is 5.92 Å². The standard InChI is InChI=1S/C16H21NO4/c1-12-4-6-13(7-5-12)17-15(18)11-21-16(19)9-8-14-3-2-10-20-14/h2-3,8-10,12-13H,4-7,11H2,1H3,(H,17,18)/b9-8+. The summed E-state index contributed by atoms with van der Waals surface area (Å²) in [5.41, 5.74) is 0. The number of rotatable bonds is 5. The molecule has 0 atom stereocenters. The zero-order valence-electron chi connectivity index (χ0n) is 12.2. The van der Waals surface area contributed by atoms with Crippen LogP contribution in [-0.2, 0) is 14.3 Å². The van der Waals surface area contributed by atoms with Crippen LogP contribution in [0.5, 0.6) is 0 Å². The van der Waals surface area contributed by atoms with Crippen LogP contribution in [0.4, 0.5) is 0 Å². The Morgan fingerprint density at radius 3 is 2.81 bits per heavy atom. The van der Waals surface area contributed by atoms with Gasteiger partial charge in [0.15, 0.2) is 6.61 Å². The first kappa shape index (κ1) is 15.4. The molecule has 2 rings (SSSR count). The van der Waals surface area contributed by atoms with Crippen LogP contribution in [0.25, 0.3) is 6.08 Å². The zero-order valence-corrected chi connectivity index (χ0v) is 12.2. The molecule has 114 valence electrons. The molecule has 0 bridgehead atoms. The second kappa shape index (κ2) is 7.67. The van der Waals surface area contributed by atoms with Gasteiger partial charge in [-0.25, -0.2) is 4.79 Å². The molecule has 1 aromatic heterocycles. The molecule has 1 N–H and O–H groups in total. The quantitative estimate of drug-likeness (QED) is 0.668. The van der Waals surface area contributed by atoms with E-state index in [0.717, 1.165) is 31.6 Å². The first-order valence-corrected chi connectivity index (χ1v) is 7.31. The summed E-state index contributed by atoms with van der Waals surface area (Å²) in [5, 5.41) is 2.91. The first-order chi connectivity index (χ1) is 10.1. The van der Waals surface area contributed by atoms with E-state index in [-0.39, 0.29) is 18.6 Å². The van der Waals surface area contributed by atoms with E-state index in [4.69, 9.17) is 9.15 Å². The number of nitrogens with one attached hydrogen (secondary N) is 1. The largest absolute Gasteiger partial charge is 0.465 e. The summed E-state index contributed by atoms with van der Waals surface area (Å²) in [7, 11) is 0. The predicted molar refractivity (Wildman–Crippen MR) is 78.3 cm³/mol. The highest BCUT2D eigenvalue weighted by Crippen LogP contribution is 2.23. The van der Waals surface area contributed by atoms with E-state index in [1.807, 2.05) is 0 Å². The van der Waals surface area contributed by atoms with Gasteiger partial charge in [0, 0.05) is 12.1 Å². The summed E-state index contributed by atoms with van der Waals surface area (Å²) < 4.78 is 9.93. The summed E-state index contributed by atoms with van der Waals surface area (Å²) in [5.74, 6) is 0.503. The lowest BCUT2D eigenvalue weighted by Gasteiger charge is -2.26. The molecule has 1 saturated carbocycles. The molecular weight excluding hydrogens is 270 g/mol. The van der Waals surface area contributed by atoms with Gasteiger partial charge in [-0.2, -0.15) is 0 Å². The average molecular weight is 291 g/mol. The predicted octanol–water partition coefficient (Wildman–Crippen LogP) is 2.53. The smallest absolute Gasteiger partial charge is 0.331 e. The maximum atomic E-state index is 11.7. The van der Waals surface area contributed by atoms with Gasteiger partial charge in [0.1, 0.15) is 5.76 Å². The van der Waals surface area contributed by atoms with Gasteiger partial charge in [0.05, 0.1) is 6.26 Å². The Labute approximate surface area is 124 Å². The molecule has 1 aromatic rings. The number of esters is 1. The molecular formula is C16H21NO4. The molecule has 1 heterocycles. The van der Waals surface area contributed by atoms with E-state index in [1.165, 1.54) is 18.4 Å². The van der Waals surface area contributed by atoms with Crippen molar-refractivity contribution in [3.8, 4) is 0 Å². The van der Waals surface area contributed by atoms with Crippen LogP contribution in [0.3, 0.4) is 0 Å². The number of hydrogen-bond donors (Lipinski definition) is 1. The number of amides is 1. The highest BCUT2D eigenvalue weighted by molar-refractivity contribution is 5.88. The number of ether oxygens (including phenoxy) is 1. The Kier molecular flexibility index (Phi) is 5.60. The van der Waals surface area contributed by atoms with Crippen molar-refractivity contribution in [1.29, 1.82) is 0 Å². The molecule has 1 aliphatic rings. The molecule has 0 unspecified atom stereocenters. The van der Waals surface area contributed by atoms with E-state index in [0.29, 0.717) is 5.76 Å². The summed E-state index contributed by atoms with van der Waals surface area (Å²) in [4.78, 5) is 23.1. The lowest BCUT2D eigenvalue weighted by Crippen LogP contribution is -2.39. The second-order valence-electron chi connectivity index (χ2n) is 5.48. The third kappa shape index (κ3) is 5.45. The highest BCUT2D eigenvalue weighted by Gasteiger charge is 2.19. The number of carbonyl (C=O) groups is 2. The number of hydrogen-bond acceptors (Lipinski definition) is 4. The second-order valence-corrected chi connectivity index (χ2v) is 5.48. The maximum Gasteiger partial charge on any atom is 0.331 e. The Morgan fingerprint density at radius 1 is 1.38 bits per heavy atom. The minimum absolute atomic E-state index is 0.214. The average Bonchev–Trinajstić information content (AvgIpc) is 2.99. The summed E-state index contributed by atoms with van der Waals surface area (Å²) in [6.45, 7) is 1.98. The van der Waals surface area contributed by atoms with Crippen LogP contribution in [0, 0.1) is 5.92 Å². The Morgan fingerprint density at radius 2 is 2.14 bits per heavy atom. The van der Waals surface area contributed by atoms with E-state index in [1.54, 1.807) is 12.1 Å². The van der Waals surface area contributed by atoms with Crippen molar-refractivity contribution in [3.63, 3.8) is 0 Å². The molecule has 0 aromatic carbocycles. The van der Waals surface area contributed by atoms with Crippen molar-refractivity contribution in [2.75, 3.05) is 6.61 Å². The number of carbonyl (C=O) groups excluding carboxylic acids is 2. The van der Waals surface area contributed by atoms with Crippen molar-refractivity contribution < 1.29 is 18.7 Å². The summed E-state index contributed by atoms with van der Waals surface area (Å²) in [6, 6.07) is 3.66. The lowest BCUT2D eigenvalue weighted by molar-refractivity contribution is -0.144. The summed E-state index contributed by atoms with van der Waals surface area (Å²) >= 11 is 0. The molecule has 1 aliphatic carbocycles. The third-order valence-electron chi connectivity index (χ3n) is 3.65. The SMILES string of the molecule is CC1CCC(NC(=O)COC(=O)/C=C/c2ccco2)CC1. The molecule has 1 amide bonds. The Balaban J connectivity index is 1.65. The van der Waals surface area contributed by atoms with E-state index in [9.17, 15) is 9.59 Å². The molecule has 0 aliphatic heterocycles. The monoisotopic (exact) mass is 291 g/mol. The van der Waals surface area contributed by atoms with Crippen LogP contribution in [-0.4, -0.2) is 24.5 Å². The fourth-order valence-corrected chi connectivity index (χ4v) is 2.39. The molecule has 21 heavy (non-hydrogen) atoms. The molecule has 0 spiro atoms. The van der Waals surface area contributed by atoms with E-state index >= 15 is 0 Å². The summed E-state index contributed by atoms with van der Waals surface area (Å²) in [6.07, 6.45) is 8.53. The maximum absolute atomic E-state index is 11.7. The molecule has 0 saturated heterocycles. The minimum atomic E-state index is -0.557.